The molecular weight excluding hydrogens is 360 g/mol. The molecule has 2 aromatic carbocycles. The van der Waals surface area contributed by atoms with Crippen LogP contribution in [0.3, 0.4) is 0 Å². The van der Waals surface area contributed by atoms with Crippen molar-refractivity contribution in [2.45, 2.75) is 6.42 Å². The Balaban J connectivity index is 1.71. The quantitative estimate of drug-likeness (QED) is 0.481. The van der Waals surface area contributed by atoms with Crippen molar-refractivity contribution in [3.63, 3.8) is 0 Å². The number of hydrogen-bond acceptors (Lipinski definition) is 3. The van der Waals surface area contributed by atoms with Crippen molar-refractivity contribution in [1.82, 2.24) is 20.2 Å². The lowest BCUT2D eigenvalue weighted by atomic mass is 9.98. The highest BCUT2D eigenvalue weighted by Crippen LogP contribution is 2.31. The summed E-state index contributed by atoms with van der Waals surface area (Å²) in [6.45, 7) is 0. The van der Waals surface area contributed by atoms with Crippen molar-refractivity contribution in [2.24, 2.45) is 0 Å². The van der Waals surface area contributed by atoms with Gasteiger partial charge in [-0.15, -0.1) is 0 Å². The Kier molecular flexibility index (Phi) is 4.26. The Morgan fingerprint density at radius 3 is 2.45 bits per heavy atom. The van der Waals surface area contributed by atoms with Gasteiger partial charge in [0.25, 0.3) is 5.56 Å². The second-order valence-electron chi connectivity index (χ2n) is 6.92. The summed E-state index contributed by atoms with van der Waals surface area (Å²) < 4.78 is 0. The van der Waals surface area contributed by atoms with Crippen LogP contribution < -0.4 is 5.56 Å². The highest BCUT2D eigenvalue weighted by atomic mass is 16.1. The number of benzene rings is 2. The van der Waals surface area contributed by atoms with E-state index in [0.717, 1.165) is 34.1 Å². The van der Waals surface area contributed by atoms with E-state index in [2.05, 4.69) is 38.4 Å². The molecule has 0 aliphatic carbocycles. The Morgan fingerprint density at radius 1 is 0.862 bits per heavy atom. The number of nitrogens with zero attached hydrogens (tertiary/aromatic N) is 2. The smallest absolute Gasteiger partial charge is 0.273 e. The van der Waals surface area contributed by atoms with Crippen LogP contribution in [0.25, 0.3) is 33.4 Å². The van der Waals surface area contributed by atoms with Crippen LogP contribution in [-0.4, -0.2) is 20.2 Å². The molecule has 3 heterocycles. The van der Waals surface area contributed by atoms with E-state index in [0.29, 0.717) is 11.3 Å². The zero-order valence-corrected chi connectivity index (χ0v) is 15.6. The minimum absolute atomic E-state index is 0.219. The Morgan fingerprint density at radius 2 is 1.62 bits per heavy atom. The molecule has 0 fully saturated rings. The molecule has 5 heteroatoms. The van der Waals surface area contributed by atoms with Gasteiger partial charge >= 0.3 is 0 Å². The summed E-state index contributed by atoms with van der Waals surface area (Å²) in [6, 6.07) is 24.0. The van der Waals surface area contributed by atoms with E-state index in [1.54, 1.807) is 12.4 Å². The van der Waals surface area contributed by atoms with Gasteiger partial charge in [0.05, 0.1) is 17.0 Å². The number of aromatic amines is 2. The third-order valence-electron chi connectivity index (χ3n) is 5.09. The fourth-order valence-corrected chi connectivity index (χ4v) is 3.68. The summed E-state index contributed by atoms with van der Waals surface area (Å²) in [7, 11) is 0. The maximum absolute atomic E-state index is 12.7. The van der Waals surface area contributed by atoms with E-state index >= 15 is 0 Å². The summed E-state index contributed by atoms with van der Waals surface area (Å²) in [6.07, 6.45) is 4.16. The molecule has 0 saturated carbocycles. The number of para-hydroxylation sites is 1. The van der Waals surface area contributed by atoms with Gasteiger partial charge in [0.2, 0.25) is 0 Å². The first-order valence-corrected chi connectivity index (χ1v) is 9.43. The number of pyridine rings is 1. The topological polar surface area (TPSA) is 74.4 Å². The highest BCUT2D eigenvalue weighted by Gasteiger charge is 2.17. The number of aromatic nitrogens is 4. The minimum Gasteiger partial charge on any atom is -0.354 e. The first kappa shape index (κ1) is 17.1. The molecule has 0 atom stereocenters. The van der Waals surface area contributed by atoms with Crippen LogP contribution in [0.5, 0.6) is 0 Å². The van der Waals surface area contributed by atoms with Crippen LogP contribution in [0.1, 0.15) is 11.1 Å². The average Bonchev–Trinajstić information content (AvgIpc) is 3.14. The standard InChI is InChI=1S/C24H18N4O/c29-24-20(15-22(27-28-24)17-10-12-25-13-11-17)23-19(14-16-6-2-1-3-7-16)18-8-4-5-9-21(18)26-23/h1-13,15,26H,14H2,(H,28,29). The third kappa shape index (κ3) is 3.23. The number of H-pyrrole nitrogens is 2. The lowest BCUT2D eigenvalue weighted by Gasteiger charge is -2.07. The number of nitrogens with one attached hydrogen (secondary N) is 2. The van der Waals surface area contributed by atoms with E-state index in [-0.39, 0.29) is 5.56 Å². The van der Waals surface area contributed by atoms with Crippen LogP contribution in [0, 0.1) is 0 Å². The molecule has 5 nitrogen and oxygen atoms in total. The molecular formula is C24H18N4O. The summed E-state index contributed by atoms with van der Waals surface area (Å²) in [4.78, 5) is 20.2. The van der Waals surface area contributed by atoms with Gasteiger partial charge < -0.3 is 4.98 Å². The second kappa shape index (κ2) is 7.20. The average molecular weight is 378 g/mol. The minimum atomic E-state index is -0.219. The van der Waals surface area contributed by atoms with E-state index in [9.17, 15) is 4.79 Å². The van der Waals surface area contributed by atoms with Gasteiger partial charge in [-0.2, -0.15) is 5.10 Å². The molecule has 0 aliphatic heterocycles. The molecule has 0 spiro atoms. The van der Waals surface area contributed by atoms with Gasteiger partial charge in [0.1, 0.15) is 0 Å². The van der Waals surface area contributed by atoms with Gasteiger partial charge in [-0.25, -0.2) is 5.10 Å². The van der Waals surface area contributed by atoms with Crippen molar-refractivity contribution < 1.29 is 0 Å². The van der Waals surface area contributed by atoms with Gasteiger partial charge in [0.15, 0.2) is 0 Å². The highest BCUT2D eigenvalue weighted by molar-refractivity contribution is 5.91. The van der Waals surface area contributed by atoms with E-state index < -0.39 is 0 Å². The van der Waals surface area contributed by atoms with Crippen LogP contribution in [0.4, 0.5) is 0 Å². The molecule has 0 radical (unpaired) electrons. The molecule has 0 amide bonds. The molecule has 140 valence electrons. The van der Waals surface area contributed by atoms with Gasteiger partial charge in [-0.3, -0.25) is 9.78 Å². The molecule has 5 aromatic rings. The summed E-state index contributed by atoms with van der Waals surface area (Å²) in [5, 5.41) is 8.00. The molecule has 0 unspecified atom stereocenters. The lowest BCUT2D eigenvalue weighted by Crippen LogP contribution is -2.12. The van der Waals surface area contributed by atoms with Crippen LogP contribution in [0.15, 0.2) is 90.0 Å². The van der Waals surface area contributed by atoms with Crippen molar-refractivity contribution >= 4 is 10.9 Å². The van der Waals surface area contributed by atoms with E-state index in [1.807, 2.05) is 54.6 Å². The normalized spacial score (nSPS) is 11.0. The number of rotatable bonds is 4. The van der Waals surface area contributed by atoms with Crippen molar-refractivity contribution in [2.75, 3.05) is 0 Å². The summed E-state index contributed by atoms with van der Waals surface area (Å²) in [5.74, 6) is 0. The van der Waals surface area contributed by atoms with Crippen molar-refractivity contribution in [3.8, 4) is 22.5 Å². The van der Waals surface area contributed by atoms with Crippen LogP contribution in [-0.2, 0) is 6.42 Å². The fraction of sp³-hybridized carbons (Fsp3) is 0.0417. The number of hydrogen-bond donors (Lipinski definition) is 2. The zero-order valence-electron chi connectivity index (χ0n) is 15.6. The largest absolute Gasteiger partial charge is 0.354 e. The molecule has 2 N–H and O–H groups in total. The van der Waals surface area contributed by atoms with E-state index in [1.165, 1.54) is 5.56 Å². The fourth-order valence-electron chi connectivity index (χ4n) is 3.68. The van der Waals surface area contributed by atoms with Crippen molar-refractivity contribution in [3.05, 3.63) is 107 Å². The molecule has 3 aromatic heterocycles. The molecule has 0 saturated heterocycles. The maximum atomic E-state index is 12.7. The van der Waals surface area contributed by atoms with Gasteiger partial charge in [0, 0.05) is 35.3 Å². The number of fused-ring (bicyclic) bond motifs is 1. The molecule has 0 aliphatic rings. The third-order valence-corrected chi connectivity index (χ3v) is 5.09. The zero-order chi connectivity index (χ0) is 19.6. The van der Waals surface area contributed by atoms with Crippen LogP contribution >= 0.6 is 0 Å². The maximum Gasteiger partial charge on any atom is 0.273 e. The first-order chi connectivity index (χ1) is 14.3. The van der Waals surface area contributed by atoms with E-state index in [4.69, 9.17) is 0 Å². The molecule has 5 rings (SSSR count). The van der Waals surface area contributed by atoms with Crippen LogP contribution in [0.2, 0.25) is 0 Å². The second-order valence-corrected chi connectivity index (χ2v) is 6.92. The summed E-state index contributed by atoms with van der Waals surface area (Å²) >= 11 is 0. The molecule has 29 heavy (non-hydrogen) atoms. The monoisotopic (exact) mass is 378 g/mol. The lowest BCUT2D eigenvalue weighted by molar-refractivity contribution is 0.994. The predicted octanol–water partition coefficient (Wildman–Crippen LogP) is 4.57. The predicted molar refractivity (Wildman–Crippen MR) is 115 cm³/mol. The Bertz CT molecular complexity index is 1340. The van der Waals surface area contributed by atoms with Gasteiger partial charge in [-0.05, 0) is 35.4 Å². The Hall–Kier alpha value is -3.99. The first-order valence-electron chi connectivity index (χ1n) is 9.43. The van der Waals surface area contributed by atoms with Gasteiger partial charge in [-0.1, -0.05) is 48.5 Å². The molecule has 0 bridgehead atoms. The SMILES string of the molecule is O=c1[nH]nc(-c2ccncc2)cc1-c1[nH]c2ccccc2c1Cc1ccccc1. The van der Waals surface area contributed by atoms with Crippen molar-refractivity contribution in [1.29, 1.82) is 0 Å². The summed E-state index contributed by atoms with van der Waals surface area (Å²) in [5.41, 5.74) is 6.09. The Labute approximate surface area is 167 Å².